The van der Waals surface area contributed by atoms with Crippen LogP contribution in [0.1, 0.15) is 27.4 Å². The van der Waals surface area contributed by atoms with Crippen LogP contribution in [0.25, 0.3) is 0 Å². The molecular formula is C14H13F3N2O4S. The van der Waals surface area contributed by atoms with Crippen LogP contribution >= 0.6 is 0 Å². The van der Waals surface area contributed by atoms with E-state index in [1.807, 2.05) is 5.43 Å². The van der Waals surface area contributed by atoms with Crippen LogP contribution in [-0.2, 0) is 16.2 Å². The van der Waals surface area contributed by atoms with Gasteiger partial charge in [0.2, 0.25) is 0 Å². The number of halogens is 3. The molecule has 1 heterocycles. The summed E-state index contributed by atoms with van der Waals surface area (Å²) in [5.74, 6) is -0.0541. The second-order valence-electron chi connectivity index (χ2n) is 4.91. The molecule has 1 aromatic heterocycles. The summed E-state index contributed by atoms with van der Waals surface area (Å²) in [4.78, 5) is 13.0. The van der Waals surface area contributed by atoms with Crippen molar-refractivity contribution in [3.05, 3.63) is 53.0 Å². The summed E-state index contributed by atoms with van der Waals surface area (Å²) in [6, 6.07) is 4.57. The highest BCUT2D eigenvalue weighted by Crippen LogP contribution is 2.30. The van der Waals surface area contributed by atoms with E-state index >= 15 is 0 Å². The van der Waals surface area contributed by atoms with Crippen molar-refractivity contribution in [2.45, 2.75) is 24.9 Å². The summed E-state index contributed by atoms with van der Waals surface area (Å²) in [5, 5.41) is 0. The van der Waals surface area contributed by atoms with Crippen molar-refractivity contribution in [3.8, 4) is 0 Å². The van der Waals surface area contributed by atoms with Gasteiger partial charge >= 0.3 is 6.18 Å². The number of nitrogens with one attached hydrogen (secondary N) is 2. The van der Waals surface area contributed by atoms with Gasteiger partial charge in [-0.15, -0.1) is 4.83 Å². The highest BCUT2D eigenvalue weighted by atomic mass is 32.2. The Hall–Kier alpha value is -2.33. The van der Waals surface area contributed by atoms with Crippen LogP contribution in [0.2, 0.25) is 0 Å². The normalized spacial score (nSPS) is 12.2. The Morgan fingerprint density at radius 2 is 1.83 bits per heavy atom. The van der Waals surface area contributed by atoms with Crippen molar-refractivity contribution < 1.29 is 30.8 Å². The highest BCUT2D eigenvalue weighted by molar-refractivity contribution is 7.89. The van der Waals surface area contributed by atoms with E-state index in [0.29, 0.717) is 11.8 Å². The third-order valence-electron chi connectivity index (χ3n) is 3.06. The number of amides is 1. The summed E-state index contributed by atoms with van der Waals surface area (Å²) in [6.07, 6.45) is -4.68. The van der Waals surface area contributed by atoms with Gasteiger partial charge in [-0.05, 0) is 38.1 Å². The number of hydrazine groups is 1. The van der Waals surface area contributed by atoms with Crippen molar-refractivity contribution >= 4 is 15.9 Å². The number of hydrogen-bond donors (Lipinski definition) is 2. The lowest BCUT2D eigenvalue weighted by Crippen LogP contribution is -2.41. The van der Waals surface area contributed by atoms with Crippen LogP contribution in [0, 0.1) is 13.8 Å². The van der Waals surface area contributed by atoms with Gasteiger partial charge in [0.1, 0.15) is 11.5 Å². The van der Waals surface area contributed by atoms with Crippen LogP contribution in [0.5, 0.6) is 0 Å². The summed E-state index contributed by atoms with van der Waals surface area (Å²) in [5.41, 5.74) is 0.929. The summed E-state index contributed by atoms with van der Waals surface area (Å²) in [7, 11) is -4.36. The van der Waals surface area contributed by atoms with Gasteiger partial charge in [0.05, 0.1) is 16.0 Å². The van der Waals surface area contributed by atoms with Gasteiger partial charge in [-0.3, -0.25) is 10.2 Å². The number of furan rings is 1. The minimum atomic E-state index is -4.68. The number of aryl methyl sites for hydroxylation is 2. The fraction of sp³-hybridized carbons (Fsp3) is 0.214. The topological polar surface area (TPSA) is 88.4 Å². The lowest BCUT2D eigenvalue weighted by molar-refractivity contribution is -0.137. The average Bonchev–Trinajstić information content (AvgIpc) is 2.83. The fourth-order valence-corrected chi connectivity index (χ4v) is 2.82. The number of benzene rings is 1. The van der Waals surface area contributed by atoms with Crippen LogP contribution in [0.3, 0.4) is 0 Å². The van der Waals surface area contributed by atoms with E-state index in [0.717, 1.165) is 18.2 Å². The molecule has 0 fully saturated rings. The third kappa shape index (κ3) is 3.95. The largest absolute Gasteiger partial charge is 0.466 e. The second kappa shape index (κ2) is 6.29. The molecule has 6 nitrogen and oxygen atoms in total. The van der Waals surface area contributed by atoms with Crippen LogP contribution in [0.15, 0.2) is 39.6 Å². The molecule has 2 N–H and O–H groups in total. The summed E-state index contributed by atoms with van der Waals surface area (Å²) < 4.78 is 67.1. The minimum Gasteiger partial charge on any atom is -0.466 e. The summed E-state index contributed by atoms with van der Waals surface area (Å²) in [6.45, 7) is 3.12. The van der Waals surface area contributed by atoms with E-state index in [4.69, 9.17) is 4.42 Å². The van der Waals surface area contributed by atoms with Crippen LogP contribution in [-0.4, -0.2) is 14.3 Å². The molecule has 130 valence electrons. The number of hydrogen-bond acceptors (Lipinski definition) is 4. The molecule has 0 bridgehead atoms. The Balaban J connectivity index is 2.17. The molecule has 2 rings (SSSR count). The van der Waals surface area contributed by atoms with E-state index in [-0.39, 0.29) is 11.3 Å². The van der Waals surface area contributed by atoms with Crippen molar-refractivity contribution in [2.24, 2.45) is 0 Å². The molecule has 24 heavy (non-hydrogen) atoms. The Morgan fingerprint density at radius 3 is 2.38 bits per heavy atom. The molecule has 0 radical (unpaired) electrons. The number of rotatable bonds is 4. The van der Waals surface area contributed by atoms with Crippen molar-refractivity contribution in [1.82, 2.24) is 10.3 Å². The molecule has 0 aliphatic rings. The molecule has 0 saturated heterocycles. The van der Waals surface area contributed by atoms with Crippen molar-refractivity contribution in [3.63, 3.8) is 0 Å². The molecule has 0 spiro atoms. The first kappa shape index (κ1) is 18.0. The van der Waals surface area contributed by atoms with E-state index < -0.39 is 32.6 Å². The van der Waals surface area contributed by atoms with Gasteiger partial charge in [-0.25, -0.2) is 8.42 Å². The maximum atomic E-state index is 12.6. The molecule has 0 aliphatic heterocycles. The van der Waals surface area contributed by atoms with Gasteiger partial charge in [-0.2, -0.15) is 13.2 Å². The SMILES string of the molecule is Cc1cc(C(=O)NNS(=O)(=O)c2cccc(C(F)(F)F)c2)c(C)o1. The maximum absolute atomic E-state index is 12.6. The van der Waals surface area contributed by atoms with E-state index in [2.05, 4.69) is 0 Å². The number of alkyl halides is 3. The van der Waals surface area contributed by atoms with Gasteiger partial charge in [0.15, 0.2) is 0 Å². The zero-order valence-corrected chi connectivity index (χ0v) is 13.4. The molecule has 1 amide bonds. The Kier molecular flexibility index (Phi) is 4.72. The van der Waals surface area contributed by atoms with Crippen LogP contribution in [0.4, 0.5) is 13.2 Å². The van der Waals surface area contributed by atoms with E-state index in [1.54, 1.807) is 11.8 Å². The zero-order chi connectivity index (χ0) is 18.1. The molecule has 1 aromatic carbocycles. The van der Waals surface area contributed by atoms with Crippen molar-refractivity contribution in [1.29, 1.82) is 0 Å². The predicted molar refractivity (Wildman–Crippen MR) is 77.4 cm³/mol. The van der Waals surface area contributed by atoms with E-state index in [1.165, 1.54) is 13.0 Å². The first-order chi connectivity index (χ1) is 11.0. The van der Waals surface area contributed by atoms with E-state index in [9.17, 15) is 26.4 Å². The summed E-state index contributed by atoms with van der Waals surface area (Å²) >= 11 is 0. The molecule has 0 atom stereocenters. The smallest absolute Gasteiger partial charge is 0.416 e. The maximum Gasteiger partial charge on any atom is 0.416 e. The van der Waals surface area contributed by atoms with Gasteiger partial charge in [0, 0.05) is 0 Å². The highest BCUT2D eigenvalue weighted by Gasteiger charge is 2.31. The second-order valence-corrected chi connectivity index (χ2v) is 6.59. The monoisotopic (exact) mass is 362 g/mol. The quantitative estimate of drug-likeness (QED) is 0.818. The Bertz CT molecular complexity index is 872. The lowest BCUT2D eigenvalue weighted by Gasteiger charge is -2.11. The van der Waals surface area contributed by atoms with Crippen LogP contribution < -0.4 is 10.3 Å². The number of carbonyl (C=O) groups is 1. The molecular weight excluding hydrogens is 349 g/mol. The van der Waals surface area contributed by atoms with Gasteiger partial charge < -0.3 is 4.42 Å². The molecule has 0 saturated carbocycles. The fourth-order valence-electron chi connectivity index (χ4n) is 1.94. The Morgan fingerprint density at radius 1 is 1.17 bits per heavy atom. The number of carbonyl (C=O) groups excluding carboxylic acids is 1. The molecule has 2 aromatic rings. The Labute approximate surface area is 135 Å². The standard InChI is InChI=1S/C14H13F3N2O4S/c1-8-6-12(9(2)23-8)13(20)18-19-24(21,22)11-5-3-4-10(7-11)14(15,16)17/h3-7,19H,1-2H3,(H,18,20). The molecule has 0 unspecified atom stereocenters. The van der Waals surface area contributed by atoms with Gasteiger partial charge in [-0.1, -0.05) is 6.07 Å². The number of sulfonamides is 1. The third-order valence-corrected chi connectivity index (χ3v) is 4.30. The minimum absolute atomic E-state index is 0.110. The lowest BCUT2D eigenvalue weighted by atomic mass is 10.2. The first-order valence-electron chi connectivity index (χ1n) is 6.57. The molecule has 10 heteroatoms. The zero-order valence-electron chi connectivity index (χ0n) is 12.6. The molecule has 0 aliphatic carbocycles. The van der Waals surface area contributed by atoms with Gasteiger partial charge in [0.25, 0.3) is 15.9 Å². The average molecular weight is 362 g/mol. The predicted octanol–water partition coefficient (Wildman–Crippen LogP) is 2.54. The first-order valence-corrected chi connectivity index (χ1v) is 8.05. The van der Waals surface area contributed by atoms with Crippen molar-refractivity contribution in [2.75, 3.05) is 0 Å².